The Morgan fingerprint density at radius 3 is 1.56 bits per heavy atom. The van der Waals surface area contributed by atoms with E-state index in [1.165, 1.54) is 53.2 Å². The van der Waals surface area contributed by atoms with Crippen molar-refractivity contribution >= 4 is 73.3 Å². The second kappa shape index (κ2) is 17.7. The number of methoxy groups -OCH3 is 1. The van der Waals surface area contributed by atoms with Gasteiger partial charge in [-0.15, -0.1) is 0 Å². The molecular weight excluding hydrogens is 757 g/mol. The van der Waals surface area contributed by atoms with E-state index < -0.39 is 23.9 Å². The summed E-state index contributed by atoms with van der Waals surface area (Å²) in [4.78, 5) is 46.3. The number of nitrogens with zero attached hydrogens (tertiary/aromatic N) is 4. The quantitative estimate of drug-likeness (QED) is 0.0810. The number of allylic oxidation sites excluding steroid dienone is 5. The third-order valence-electron chi connectivity index (χ3n) is 13.0. The number of benzene rings is 4. The molecule has 2 aliphatic rings. The van der Waals surface area contributed by atoms with Crippen LogP contribution < -0.4 is 10.7 Å². The zero-order valence-electron chi connectivity index (χ0n) is 37.0. The number of carbonyl (C=O) groups excluding carboxylic acids is 3. The van der Waals surface area contributed by atoms with Crippen LogP contribution in [0.2, 0.25) is 0 Å². The molecule has 1 aliphatic carbocycles. The maximum atomic E-state index is 14.9. The van der Waals surface area contributed by atoms with Crippen molar-refractivity contribution in [3.05, 3.63) is 118 Å². The molecule has 1 saturated carbocycles. The minimum atomic E-state index is -0.578. The standard InChI is InChI=1S/C53H60N4O4/c1-8-11-32-54-51(58)50(52(59)57(53(54)60)36(6)33-61-7)47-39(28-30-43-41-22-12-18-37-20-14-24-45(48(37)41)55(43)34(4)16-9-2)26-27-40(47)29-31-44-42-23-13-19-38-21-15-25-46(49(38)42)56(44)35(5)17-10-3/h12-15,18-25,28-31,34-36H,8-11,16-17,26-27,32-33H2,1-7H3/b39-28+,40-29+,43-30-,44-31-,50-47?. The molecule has 6 aromatic rings. The molecule has 3 heterocycles. The molecule has 0 spiro atoms. The molecule has 1 aliphatic heterocycles. The third kappa shape index (κ3) is 7.33. The fourth-order valence-electron chi connectivity index (χ4n) is 10.2. The minimum absolute atomic E-state index is 0.0616. The SMILES string of the molecule is CCCCN1C(=O)C(=C2/C(=C/C=c3/c4cccc5cccc(c54)n3C(C)CCC)CC/C2=C\C=c2\c3cccc4cccc(c43)n2C(C)CCC)C(=O)N(C(C)COC)C1=O. The molecular formula is C53H60N4O4. The normalized spacial score (nSPS) is 18.9. The molecule has 2 aromatic heterocycles. The molecule has 1 saturated heterocycles. The van der Waals surface area contributed by atoms with E-state index in [-0.39, 0.29) is 30.8 Å². The predicted molar refractivity (Wildman–Crippen MR) is 250 cm³/mol. The van der Waals surface area contributed by atoms with Gasteiger partial charge in [0.2, 0.25) is 0 Å². The number of aromatic nitrogens is 2. The Labute approximate surface area is 359 Å². The molecule has 8 rings (SSSR count). The van der Waals surface area contributed by atoms with Gasteiger partial charge in [-0.3, -0.25) is 19.4 Å². The first-order valence-electron chi connectivity index (χ1n) is 22.5. The average Bonchev–Trinajstić information content (AvgIpc) is 3.91. The summed E-state index contributed by atoms with van der Waals surface area (Å²) < 4.78 is 10.4. The van der Waals surface area contributed by atoms with Gasteiger partial charge >= 0.3 is 6.03 Å². The van der Waals surface area contributed by atoms with Crippen molar-refractivity contribution in [2.24, 2.45) is 0 Å². The lowest BCUT2D eigenvalue weighted by Crippen LogP contribution is -2.60. The minimum Gasteiger partial charge on any atom is -0.383 e. The molecule has 0 radical (unpaired) electrons. The van der Waals surface area contributed by atoms with E-state index in [9.17, 15) is 14.4 Å². The second-order valence-electron chi connectivity index (χ2n) is 17.2. The van der Waals surface area contributed by atoms with Gasteiger partial charge in [0.05, 0.1) is 12.6 Å². The van der Waals surface area contributed by atoms with Gasteiger partial charge in [-0.1, -0.05) is 113 Å². The lowest BCUT2D eigenvalue weighted by molar-refractivity contribution is -0.137. The van der Waals surface area contributed by atoms with Crippen molar-refractivity contribution in [3.8, 4) is 0 Å². The Balaban J connectivity index is 1.41. The molecule has 2 fully saturated rings. The number of carbonyl (C=O) groups is 3. The van der Waals surface area contributed by atoms with E-state index in [1.807, 2.05) is 6.92 Å². The van der Waals surface area contributed by atoms with Crippen molar-refractivity contribution in [1.82, 2.24) is 18.9 Å². The highest BCUT2D eigenvalue weighted by molar-refractivity contribution is 6.30. The van der Waals surface area contributed by atoms with Crippen LogP contribution in [0.1, 0.15) is 105 Å². The highest BCUT2D eigenvalue weighted by Crippen LogP contribution is 2.41. The second-order valence-corrected chi connectivity index (χ2v) is 17.2. The van der Waals surface area contributed by atoms with Crippen LogP contribution in [0.3, 0.4) is 0 Å². The number of urea groups is 1. The maximum absolute atomic E-state index is 14.9. The Morgan fingerprint density at radius 1 is 0.607 bits per heavy atom. The predicted octanol–water partition coefficient (Wildman–Crippen LogP) is 10.9. The summed E-state index contributed by atoms with van der Waals surface area (Å²) in [6.07, 6.45) is 15.6. The summed E-state index contributed by atoms with van der Waals surface area (Å²) in [5.41, 5.74) is 4.93. The molecule has 0 N–H and O–H groups in total. The number of unbranched alkanes of at least 4 members (excludes halogenated alkanes) is 1. The van der Waals surface area contributed by atoms with E-state index in [1.54, 1.807) is 14.0 Å². The van der Waals surface area contributed by atoms with Gasteiger partial charge in [-0.2, -0.15) is 0 Å². The number of amides is 4. The Morgan fingerprint density at radius 2 is 1.10 bits per heavy atom. The molecule has 316 valence electrons. The molecule has 8 heteroatoms. The Kier molecular flexibility index (Phi) is 12.2. The van der Waals surface area contributed by atoms with Crippen molar-refractivity contribution in [3.63, 3.8) is 0 Å². The first-order chi connectivity index (χ1) is 29.6. The number of hydrogen-bond donors (Lipinski definition) is 0. The molecule has 8 nitrogen and oxygen atoms in total. The van der Waals surface area contributed by atoms with Crippen LogP contribution in [0.15, 0.2) is 107 Å². The van der Waals surface area contributed by atoms with Crippen LogP contribution in [0.5, 0.6) is 0 Å². The van der Waals surface area contributed by atoms with E-state index in [4.69, 9.17) is 4.74 Å². The first-order valence-corrected chi connectivity index (χ1v) is 22.5. The number of imide groups is 2. The Hall–Kier alpha value is -5.73. The zero-order chi connectivity index (χ0) is 42.9. The van der Waals surface area contributed by atoms with Crippen LogP contribution in [-0.2, 0) is 14.3 Å². The van der Waals surface area contributed by atoms with Crippen LogP contribution >= 0.6 is 0 Å². The van der Waals surface area contributed by atoms with E-state index in [0.717, 1.165) is 53.9 Å². The Bertz CT molecular complexity index is 2700. The van der Waals surface area contributed by atoms with Crippen LogP contribution in [-0.4, -0.2) is 63.1 Å². The first kappa shape index (κ1) is 42.0. The molecule has 3 atom stereocenters. The van der Waals surface area contributed by atoms with E-state index in [2.05, 4.69) is 134 Å². The summed E-state index contributed by atoms with van der Waals surface area (Å²) in [6, 6.07) is 25.4. The largest absolute Gasteiger partial charge is 0.383 e. The summed E-state index contributed by atoms with van der Waals surface area (Å²) in [5, 5.41) is 9.47. The molecule has 61 heavy (non-hydrogen) atoms. The van der Waals surface area contributed by atoms with Crippen molar-refractivity contribution in [2.75, 3.05) is 20.3 Å². The number of barbiturate groups is 1. The van der Waals surface area contributed by atoms with Gasteiger partial charge in [0, 0.05) is 69.0 Å². The summed E-state index contributed by atoms with van der Waals surface area (Å²) >= 11 is 0. The van der Waals surface area contributed by atoms with E-state index in [0.29, 0.717) is 24.8 Å². The summed E-state index contributed by atoms with van der Waals surface area (Å²) in [7, 11) is 1.56. The molecule has 0 bridgehead atoms. The van der Waals surface area contributed by atoms with E-state index >= 15 is 0 Å². The maximum Gasteiger partial charge on any atom is 0.334 e. The fraction of sp³-hybridized carbons (Fsp3) is 0.377. The zero-order valence-corrected chi connectivity index (χ0v) is 37.0. The van der Waals surface area contributed by atoms with Gasteiger partial charge < -0.3 is 13.9 Å². The fourth-order valence-corrected chi connectivity index (χ4v) is 10.2. The molecule has 4 amide bonds. The van der Waals surface area contributed by atoms with Crippen LogP contribution in [0, 0.1) is 0 Å². The average molecular weight is 817 g/mol. The van der Waals surface area contributed by atoms with Gasteiger partial charge in [-0.25, -0.2) is 4.79 Å². The van der Waals surface area contributed by atoms with Crippen LogP contribution in [0.25, 0.3) is 55.5 Å². The molecule has 3 unspecified atom stereocenters. The topological polar surface area (TPSA) is 76.8 Å². The number of rotatable bonds is 14. The third-order valence-corrected chi connectivity index (χ3v) is 13.0. The van der Waals surface area contributed by atoms with Crippen molar-refractivity contribution in [1.29, 1.82) is 0 Å². The van der Waals surface area contributed by atoms with Crippen molar-refractivity contribution < 1.29 is 19.1 Å². The molecule has 4 aromatic carbocycles. The van der Waals surface area contributed by atoms with Crippen molar-refractivity contribution in [2.45, 2.75) is 111 Å². The highest BCUT2D eigenvalue weighted by Gasteiger charge is 2.46. The number of ether oxygens (including phenoxy) is 1. The monoisotopic (exact) mass is 816 g/mol. The van der Waals surface area contributed by atoms with Gasteiger partial charge in [0.1, 0.15) is 5.57 Å². The van der Waals surface area contributed by atoms with Crippen LogP contribution in [0.4, 0.5) is 4.79 Å². The smallest absolute Gasteiger partial charge is 0.334 e. The number of hydrogen-bond acceptors (Lipinski definition) is 4. The van der Waals surface area contributed by atoms with Gasteiger partial charge in [0.25, 0.3) is 11.8 Å². The highest BCUT2D eigenvalue weighted by atomic mass is 16.5. The van der Waals surface area contributed by atoms with Gasteiger partial charge in [-0.05, 0) is 105 Å². The summed E-state index contributed by atoms with van der Waals surface area (Å²) in [6.45, 7) is 13.3. The summed E-state index contributed by atoms with van der Waals surface area (Å²) in [5.74, 6) is -1.08. The lowest BCUT2D eigenvalue weighted by Gasteiger charge is -2.37. The lowest BCUT2D eigenvalue weighted by atomic mass is 9.94. The van der Waals surface area contributed by atoms with Gasteiger partial charge in [0.15, 0.2) is 0 Å².